The number of nitro benzene ring substituents is 1. The van der Waals surface area contributed by atoms with Crippen LogP contribution in [0.15, 0.2) is 58.4 Å². The molecule has 25 heavy (non-hydrogen) atoms. The number of nitrogens with zero attached hydrogens (tertiary/aromatic N) is 2. The molecule has 2 aromatic carbocycles. The van der Waals surface area contributed by atoms with Gasteiger partial charge in [-0.1, -0.05) is 12.1 Å². The number of nitrogens with one attached hydrogen (secondary N) is 1. The number of hydrogen-bond donors (Lipinski definition) is 1. The fourth-order valence-corrected chi connectivity index (χ4v) is 2.91. The third-order valence-electron chi connectivity index (χ3n) is 3.35. The second-order valence-corrected chi connectivity index (χ2v) is 6.05. The Morgan fingerprint density at radius 1 is 1.24 bits per heavy atom. The van der Waals surface area contributed by atoms with Crippen LogP contribution in [-0.2, 0) is 0 Å². The van der Waals surface area contributed by atoms with Crippen LogP contribution in [0.3, 0.4) is 0 Å². The van der Waals surface area contributed by atoms with Crippen LogP contribution in [-0.4, -0.2) is 23.1 Å². The predicted octanol–water partition coefficient (Wildman–Crippen LogP) is 4.13. The maximum Gasteiger partial charge on any atom is 0.289 e. The van der Waals surface area contributed by atoms with Crippen LogP contribution in [0.2, 0.25) is 0 Å². The number of hydrogen-bond acceptors (Lipinski definition) is 6. The van der Waals surface area contributed by atoms with Gasteiger partial charge in [0.1, 0.15) is 11.6 Å². The standard InChI is InChI=1S/C17H13N3O4S/c1-24-14-7-5-12(6-8-14)18-16-15(25-17(21)19-16)10-11-3-2-4-13(9-11)20(22)23/h2-10H,1H3,(H,18,19,21). The molecule has 0 saturated carbocycles. The first-order valence-electron chi connectivity index (χ1n) is 7.23. The average molecular weight is 355 g/mol. The zero-order valence-electron chi connectivity index (χ0n) is 13.1. The van der Waals surface area contributed by atoms with Gasteiger partial charge in [0.05, 0.1) is 22.6 Å². The lowest BCUT2D eigenvalue weighted by atomic mass is 10.2. The molecule has 1 saturated heterocycles. The van der Waals surface area contributed by atoms with E-state index in [0.29, 0.717) is 27.7 Å². The monoisotopic (exact) mass is 355 g/mol. The Morgan fingerprint density at radius 2 is 2.00 bits per heavy atom. The first-order chi connectivity index (χ1) is 12.0. The van der Waals surface area contributed by atoms with Crippen molar-refractivity contribution in [3.8, 4) is 5.75 Å². The second kappa shape index (κ2) is 7.18. The summed E-state index contributed by atoms with van der Waals surface area (Å²) in [5.41, 5.74) is 1.27. The fourth-order valence-electron chi connectivity index (χ4n) is 2.18. The molecule has 0 radical (unpaired) electrons. The van der Waals surface area contributed by atoms with Crippen LogP contribution >= 0.6 is 11.8 Å². The number of thioether (sulfide) groups is 1. The van der Waals surface area contributed by atoms with Gasteiger partial charge in [0.2, 0.25) is 0 Å². The Hall–Kier alpha value is -3.13. The van der Waals surface area contributed by atoms with Crippen molar-refractivity contribution in [3.05, 3.63) is 69.1 Å². The first-order valence-corrected chi connectivity index (χ1v) is 8.05. The number of rotatable bonds is 4. The minimum Gasteiger partial charge on any atom is -0.497 e. The van der Waals surface area contributed by atoms with Crippen molar-refractivity contribution >= 4 is 40.3 Å². The lowest BCUT2D eigenvalue weighted by Gasteiger charge is -2.02. The minimum atomic E-state index is -0.459. The van der Waals surface area contributed by atoms with E-state index in [2.05, 4.69) is 10.3 Å². The van der Waals surface area contributed by atoms with Crippen LogP contribution in [0.5, 0.6) is 5.75 Å². The molecule has 0 aromatic heterocycles. The zero-order valence-corrected chi connectivity index (χ0v) is 13.9. The highest BCUT2D eigenvalue weighted by Crippen LogP contribution is 2.29. The molecule has 0 atom stereocenters. The molecule has 1 amide bonds. The summed E-state index contributed by atoms with van der Waals surface area (Å²) in [5, 5.41) is 13.3. The number of ether oxygens (including phenoxy) is 1. The van der Waals surface area contributed by atoms with Gasteiger partial charge in [0.25, 0.3) is 10.9 Å². The summed E-state index contributed by atoms with van der Waals surface area (Å²) in [5.74, 6) is 1.12. The average Bonchev–Trinajstić information content (AvgIpc) is 2.94. The van der Waals surface area contributed by atoms with Crippen LogP contribution in [0, 0.1) is 10.1 Å². The summed E-state index contributed by atoms with van der Waals surface area (Å²) in [4.78, 5) is 27.2. The van der Waals surface area contributed by atoms with E-state index in [-0.39, 0.29) is 10.9 Å². The molecule has 8 heteroatoms. The van der Waals surface area contributed by atoms with Crippen molar-refractivity contribution < 1.29 is 14.5 Å². The van der Waals surface area contributed by atoms with Gasteiger partial charge in [0.15, 0.2) is 0 Å². The molecule has 1 aliphatic heterocycles. The maximum absolute atomic E-state index is 11.7. The molecule has 0 bridgehead atoms. The van der Waals surface area contributed by atoms with Gasteiger partial charge < -0.3 is 10.1 Å². The number of benzene rings is 2. The molecule has 1 aliphatic rings. The lowest BCUT2D eigenvalue weighted by molar-refractivity contribution is -0.384. The fraction of sp³-hybridized carbons (Fsp3) is 0.0588. The molecule has 3 rings (SSSR count). The smallest absolute Gasteiger partial charge is 0.289 e. The molecule has 2 aromatic rings. The van der Waals surface area contributed by atoms with Gasteiger partial charge in [-0.2, -0.15) is 0 Å². The van der Waals surface area contributed by atoms with Crippen molar-refractivity contribution in [2.24, 2.45) is 4.99 Å². The highest BCUT2D eigenvalue weighted by atomic mass is 32.2. The molecule has 0 spiro atoms. The number of amidine groups is 1. The quantitative estimate of drug-likeness (QED) is 0.657. The highest BCUT2D eigenvalue weighted by molar-refractivity contribution is 8.18. The van der Waals surface area contributed by atoms with E-state index >= 15 is 0 Å². The molecule has 0 aliphatic carbocycles. The van der Waals surface area contributed by atoms with Crippen LogP contribution in [0.4, 0.5) is 16.2 Å². The van der Waals surface area contributed by atoms with Crippen molar-refractivity contribution in [1.82, 2.24) is 5.32 Å². The second-order valence-electron chi connectivity index (χ2n) is 5.03. The van der Waals surface area contributed by atoms with Crippen molar-refractivity contribution in [2.45, 2.75) is 0 Å². The Labute approximate surface area is 147 Å². The van der Waals surface area contributed by atoms with E-state index in [1.807, 2.05) is 0 Å². The lowest BCUT2D eigenvalue weighted by Crippen LogP contribution is -2.18. The van der Waals surface area contributed by atoms with E-state index in [1.165, 1.54) is 12.1 Å². The third kappa shape index (κ3) is 4.04. The summed E-state index contributed by atoms with van der Waals surface area (Å²) in [7, 11) is 1.58. The number of carbonyl (C=O) groups excluding carboxylic acids is 1. The minimum absolute atomic E-state index is 0.00900. The Morgan fingerprint density at radius 3 is 2.68 bits per heavy atom. The zero-order chi connectivity index (χ0) is 17.8. The molecule has 1 heterocycles. The number of amides is 1. The van der Waals surface area contributed by atoms with E-state index < -0.39 is 4.92 Å². The SMILES string of the molecule is COc1ccc(N=C2NC(=O)SC2=Cc2cccc([N+](=O)[O-])c2)cc1. The van der Waals surface area contributed by atoms with Crippen molar-refractivity contribution in [1.29, 1.82) is 0 Å². The van der Waals surface area contributed by atoms with Crippen molar-refractivity contribution in [2.75, 3.05) is 7.11 Å². The Kier molecular flexibility index (Phi) is 4.80. The van der Waals surface area contributed by atoms with Crippen LogP contribution < -0.4 is 10.1 Å². The molecule has 0 unspecified atom stereocenters. The molecule has 7 nitrogen and oxygen atoms in total. The van der Waals surface area contributed by atoms with Gasteiger partial charge in [-0.15, -0.1) is 0 Å². The topological polar surface area (TPSA) is 93.8 Å². The summed E-state index contributed by atoms with van der Waals surface area (Å²) in [6, 6.07) is 13.3. The molecule has 1 N–H and O–H groups in total. The van der Waals surface area contributed by atoms with E-state index in [1.54, 1.807) is 49.6 Å². The van der Waals surface area contributed by atoms with Gasteiger partial charge in [-0.3, -0.25) is 14.9 Å². The van der Waals surface area contributed by atoms with E-state index in [0.717, 1.165) is 11.8 Å². The maximum atomic E-state index is 11.7. The van der Waals surface area contributed by atoms with Gasteiger partial charge in [0, 0.05) is 12.1 Å². The number of non-ortho nitro benzene ring substituents is 1. The van der Waals surface area contributed by atoms with Gasteiger partial charge in [-0.05, 0) is 47.7 Å². The number of aliphatic imine (C=N–C) groups is 1. The Balaban J connectivity index is 1.93. The normalized spacial score (nSPS) is 16.9. The molecular formula is C17H13N3O4S. The summed E-state index contributed by atoms with van der Waals surface area (Å²) >= 11 is 0.995. The largest absolute Gasteiger partial charge is 0.497 e. The van der Waals surface area contributed by atoms with Gasteiger partial charge in [-0.25, -0.2) is 4.99 Å². The first kappa shape index (κ1) is 16.7. The predicted molar refractivity (Wildman–Crippen MR) is 97.3 cm³/mol. The summed E-state index contributed by atoms with van der Waals surface area (Å²) in [6.07, 6.45) is 1.69. The summed E-state index contributed by atoms with van der Waals surface area (Å²) in [6.45, 7) is 0. The van der Waals surface area contributed by atoms with Crippen LogP contribution in [0.1, 0.15) is 5.56 Å². The van der Waals surface area contributed by atoms with Crippen LogP contribution in [0.25, 0.3) is 6.08 Å². The molecular weight excluding hydrogens is 342 g/mol. The number of carbonyl (C=O) groups is 1. The van der Waals surface area contributed by atoms with Crippen molar-refractivity contribution in [3.63, 3.8) is 0 Å². The van der Waals surface area contributed by atoms with E-state index in [9.17, 15) is 14.9 Å². The highest BCUT2D eigenvalue weighted by Gasteiger charge is 2.23. The number of methoxy groups -OCH3 is 1. The summed E-state index contributed by atoms with van der Waals surface area (Å²) < 4.78 is 5.10. The Bertz CT molecular complexity index is 891. The van der Waals surface area contributed by atoms with E-state index in [4.69, 9.17) is 4.74 Å². The molecule has 126 valence electrons. The third-order valence-corrected chi connectivity index (χ3v) is 4.17. The molecule has 1 fully saturated rings. The van der Waals surface area contributed by atoms with Gasteiger partial charge >= 0.3 is 0 Å². The number of nitro groups is 1.